The Morgan fingerprint density at radius 1 is 1.19 bits per heavy atom. The van der Waals surface area contributed by atoms with E-state index in [1.807, 2.05) is 0 Å². The van der Waals surface area contributed by atoms with E-state index in [1.165, 1.54) is 0 Å². The van der Waals surface area contributed by atoms with Gasteiger partial charge in [0.05, 0.1) is 5.02 Å². The molecular weight excluding hydrogens is 368 g/mol. The zero-order valence-corrected chi connectivity index (χ0v) is 14.5. The maximum Gasteiger partial charge on any atom is 0.335 e. The molecule has 10 heteroatoms. The molecule has 5 N–H and O–H groups in total. The Labute approximate surface area is 154 Å². The minimum Gasteiger partial charge on any atom is -0.479 e. The number of carbonyl (C=O) groups is 1. The number of aliphatic hydroxyl groups is 3. The number of piperazine rings is 1. The number of hydrogen-bond acceptors (Lipinski definition) is 8. The minimum absolute atomic E-state index is 0.169. The number of aliphatic carboxylic acids is 1. The third-order valence-electron chi connectivity index (χ3n) is 4.45. The summed E-state index contributed by atoms with van der Waals surface area (Å²) in [7, 11) is 0. The Bertz CT molecular complexity index is 655. The highest BCUT2D eigenvalue weighted by Gasteiger charge is 2.48. The summed E-state index contributed by atoms with van der Waals surface area (Å²) in [6.45, 7) is 3.42. The summed E-state index contributed by atoms with van der Waals surface area (Å²) < 4.78 is 10.6. The van der Waals surface area contributed by atoms with Gasteiger partial charge >= 0.3 is 5.97 Å². The molecular formula is C16H21ClN2O7. The second-order valence-electron chi connectivity index (χ2n) is 6.20. The van der Waals surface area contributed by atoms with Crippen LogP contribution in [0.5, 0.6) is 5.75 Å². The highest BCUT2D eigenvalue weighted by molar-refractivity contribution is 6.32. The molecule has 0 unspecified atom stereocenters. The summed E-state index contributed by atoms with van der Waals surface area (Å²) in [5.74, 6) is -1.31. The van der Waals surface area contributed by atoms with Crippen LogP contribution >= 0.6 is 11.6 Å². The van der Waals surface area contributed by atoms with Crippen LogP contribution < -0.4 is 15.0 Å². The van der Waals surface area contributed by atoms with Crippen molar-refractivity contribution < 1.29 is 34.7 Å². The van der Waals surface area contributed by atoms with E-state index in [1.54, 1.807) is 18.2 Å². The van der Waals surface area contributed by atoms with Gasteiger partial charge in [0, 0.05) is 31.9 Å². The number of hydrogen-bond donors (Lipinski definition) is 5. The van der Waals surface area contributed by atoms with Gasteiger partial charge in [0.1, 0.15) is 24.1 Å². The Morgan fingerprint density at radius 3 is 2.50 bits per heavy atom. The first-order chi connectivity index (χ1) is 12.4. The van der Waals surface area contributed by atoms with Gasteiger partial charge in [-0.05, 0) is 18.2 Å². The molecule has 0 aliphatic carbocycles. The van der Waals surface area contributed by atoms with Crippen molar-refractivity contribution in [3.63, 3.8) is 0 Å². The molecule has 2 fully saturated rings. The van der Waals surface area contributed by atoms with E-state index < -0.39 is 36.7 Å². The maximum atomic E-state index is 11.1. The summed E-state index contributed by atoms with van der Waals surface area (Å²) in [6, 6.07) is 5.09. The number of anilines is 1. The van der Waals surface area contributed by atoms with Crippen molar-refractivity contribution in [1.82, 2.24) is 5.32 Å². The van der Waals surface area contributed by atoms with Crippen molar-refractivity contribution >= 4 is 23.3 Å². The average molecular weight is 389 g/mol. The largest absolute Gasteiger partial charge is 0.479 e. The van der Waals surface area contributed by atoms with Crippen LogP contribution in [0.3, 0.4) is 0 Å². The van der Waals surface area contributed by atoms with Gasteiger partial charge in [-0.3, -0.25) is 0 Å². The monoisotopic (exact) mass is 388 g/mol. The molecule has 0 saturated carbocycles. The van der Waals surface area contributed by atoms with Crippen LogP contribution in [0.2, 0.25) is 5.02 Å². The number of halogens is 1. The number of aliphatic hydroxyl groups excluding tert-OH is 3. The number of rotatable bonds is 4. The summed E-state index contributed by atoms with van der Waals surface area (Å²) >= 11 is 6.25. The number of carboxylic acid groups (broad SMARTS) is 1. The molecule has 9 nitrogen and oxygen atoms in total. The SMILES string of the molecule is O=C(O)[C@H]1O[C@@H](Oc2ccc(N3CCNCC3)cc2Cl)[C@H](O)[C@@H](O)[C@@H]1O. The van der Waals surface area contributed by atoms with Gasteiger partial charge < -0.3 is 40.1 Å². The lowest BCUT2D eigenvalue weighted by molar-refractivity contribution is -0.271. The van der Waals surface area contributed by atoms with Crippen molar-refractivity contribution in [3.8, 4) is 5.75 Å². The summed E-state index contributed by atoms with van der Waals surface area (Å²) in [5.41, 5.74) is 0.910. The van der Waals surface area contributed by atoms with Crippen LogP contribution in [0.1, 0.15) is 0 Å². The Kier molecular flexibility index (Phi) is 5.86. The lowest BCUT2D eigenvalue weighted by Crippen LogP contribution is -2.61. The first-order valence-electron chi connectivity index (χ1n) is 8.23. The van der Waals surface area contributed by atoms with Crippen molar-refractivity contribution in [1.29, 1.82) is 0 Å². The van der Waals surface area contributed by atoms with E-state index in [0.717, 1.165) is 31.9 Å². The summed E-state index contributed by atoms with van der Waals surface area (Å²) in [6.07, 6.45) is -8.35. The average Bonchev–Trinajstić information content (AvgIpc) is 2.64. The first kappa shape index (κ1) is 19.2. The van der Waals surface area contributed by atoms with Crippen molar-refractivity contribution in [3.05, 3.63) is 23.2 Å². The fourth-order valence-corrected chi connectivity index (χ4v) is 3.20. The fourth-order valence-electron chi connectivity index (χ4n) is 2.98. The van der Waals surface area contributed by atoms with Gasteiger partial charge in [0.2, 0.25) is 6.29 Å². The summed E-state index contributed by atoms with van der Waals surface area (Å²) in [4.78, 5) is 13.3. The van der Waals surface area contributed by atoms with E-state index in [0.29, 0.717) is 0 Å². The number of carboxylic acids is 1. The van der Waals surface area contributed by atoms with Crippen LogP contribution in [0.4, 0.5) is 5.69 Å². The third-order valence-corrected chi connectivity index (χ3v) is 4.75. The van der Waals surface area contributed by atoms with Crippen LogP contribution in [-0.2, 0) is 9.53 Å². The number of ether oxygens (including phenoxy) is 2. The molecule has 0 aromatic heterocycles. The second-order valence-corrected chi connectivity index (χ2v) is 6.61. The Hall–Kier alpha value is -1.62. The third kappa shape index (κ3) is 3.88. The van der Waals surface area contributed by atoms with E-state index in [-0.39, 0.29) is 10.8 Å². The van der Waals surface area contributed by atoms with Gasteiger partial charge in [-0.25, -0.2) is 4.79 Å². The molecule has 2 aliphatic heterocycles. The second kappa shape index (κ2) is 7.95. The van der Waals surface area contributed by atoms with Gasteiger partial charge in [0.25, 0.3) is 0 Å². The quantitative estimate of drug-likeness (QED) is 0.441. The topological polar surface area (TPSA) is 132 Å². The number of benzene rings is 1. The maximum absolute atomic E-state index is 11.1. The van der Waals surface area contributed by atoms with E-state index in [2.05, 4.69) is 10.2 Å². The number of nitrogens with zero attached hydrogens (tertiary/aromatic N) is 1. The first-order valence-corrected chi connectivity index (χ1v) is 8.60. The molecule has 0 spiro atoms. The Balaban J connectivity index is 1.74. The van der Waals surface area contributed by atoms with E-state index >= 15 is 0 Å². The van der Waals surface area contributed by atoms with Gasteiger partial charge in [0.15, 0.2) is 6.10 Å². The zero-order valence-electron chi connectivity index (χ0n) is 13.8. The van der Waals surface area contributed by atoms with E-state index in [9.17, 15) is 20.1 Å². The highest BCUT2D eigenvalue weighted by atomic mass is 35.5. The van der Waals surface area contributed by atoms with Gasteiger partial charge in [-0.2, -0.15) is 0 Å². The van der Waals surface area contributed by atoms with Crippen LogP contribution in [0, 0.1) is 0 Å². The molecule has 26 heavy (non-hydrogen) atoms. The standard InChI is InChI=1S/C16H21ClN2O7/c17-9-7-8(19-5-3-18-4-6-19)1-2-10(9)25-16-13(22)11(20)12(21)14(26-16)15(23)24/h1-2,7,11-14,16,18,20-22H,3-6H2,(H,23,24)/t11-,12-,13+,14-,16+/m0/s1. The number of nitrogens with one attached hydrogen (secondary N) is 1. The van der Waals surface area contributed by atoms with Crippen molar-refractivity contribution in [2.45, 2.75) is 30.7 Å². The minimum atomic E-state index is -1.77. The van der Waals surface area contributed by atoms with Crippen LogP contribution in [0.15, 0.2) is 18.2 Å². The molecule has 0 bridgehead atoms. The lowest BCUT2D eigenvalue weighted by Gasteiger charge is -2.38. The predicted molar refractivity (Wildman–Crippen MR) is 91.5 cm³/mol. The fraction of sp³-hybridized carbons (Fsp3) is 0.562. The molecule has 2 heterocycles. The summed E-state index contributed by atoms with van der Waals surface area (Å²) in [5, 5.41) is 42.1. The molecule has 5 atom stereocenters. The molecule has 0 amide bonds. The smallest absolute Gasteiger partial charge is 0.335 e. The highest BCUT2D eigenvalue weighted by Crippen LogP contribution is 2.32. The van der Waals surface area contributed by atoms with Gasteiger partial charge in [-0.1, -0.05) is 11.6 Å². The molecule has 2 saturated heterocycles. The molecule has 1 aromatic carbocycles. The molecule has 1 aromatic rings. The molecule has 2 aliphatic rings. The van der Waals surface area contributed by atoms with Crippen LogP contribution in [-0.4, -0.2) is 83.3 Å². The van der Waals surface area contributed by atoms with Crippen molar-refractivity contribution in [2.24, 2.45) is 0 Å². The molecule has 144 valence electrons. The zero-order chi connectivity index (χ0) is 18.8. The lowest BCUT2D eigenvalue weighted by atomic mass is 9.99. The van der Waals surface area contributed by atoms with E-state index in [4.69, 9.17) is 26.2 Å². The van der Waals surface area contributed by atoms with Gasteiger partial charge in [-0.15, -0.1) is 0 Å². The van der Waals surface area contributed by atoms with Crippen LogP contribution in [0.25, 0.3) is 0 Å². The predicted octanol–water partition coefficient (Wildman–Crippen LogP) is -0.979. The Morgan fingerprint density at radius 2 is 1.88 bits per heavy atom. The molecule has 0 radical (unpaired) electrons. The normalized spacial score (nSPS) is 32.3. The molecule has 3 rings (SSSR count). The van der Waals surface area contributed by atoms with Crippen molar-refractivity contribution in [2.75, 3.05) is 31.1 Å².